The Labute approximate surface area is 194 Å². The van der Waals surface area contributed by atoms with Crippen LogP contribution in [-0.4, -0.2) is 47.3 Å². The number of aryl methyl sites for hydroxylation is 1. The Hall–Kier alpha value is -2.83. The van der Waals surface area contributed by atoms with Crippen LogP contribution in [-0.2, 0) is 6.54 Å². The molecule has 0 radical (unpaired) electrons. The summed E-state index contributed by atoms with van der Waals surface area (Å²) in [5, 5.41) is 7.99. The number of rotatable bonds is 8. The molecular weight excluding hydrogens is 424 g/mol. The Morgan fingerprint density at radius 2 is 1.81 bits per heavy atom. The first kappa shape index (κ1) is 22.4. The molecule has 32 heavy (non-hydrogen) atoms. The predicted octanol–water partition coefficient (Wildman–Crippen LogP) is 4.47. The third-order valence-electron chi connectivity index (χ3n) is 6.01. The topological polar surface area (TPSA) is 59.4 Å². The molecule has 1 atom stereocenters. The van der Waals surface area contributed by atoms with Crippen molar-refractivity contribution in [2.75, 3.05) is 26.7 Å². The van der Waals surface area contributed by atoms with Gasteiger partial charge in [-0.3, -0.25) is 9.69 Å². The standard InChI is InChI=1S/C25H29ClN4O2/c1-18-23(24(26)30(28-18)17-19-8-4-3-5-9-19)25(31)27-16-22(29-14-6-7-15-29)20-10-12-21(32-2)13-11-20/h3-5,8-13,22H,6-7,14-17H2,1-2H3,(H,27,31). The second kappa shape index (κ2) is 10.2. The molecular formula is C25H29ClN4O2. The average Bonchev–Trinajstić information content (AvgIpc) is 3.43. The number of ether oxygens (including phenoxy) is 1. The van der Waals surface area contributed by atoms with Gasteiger partial charge in [0.05, 0.1) is 31.0 Å². The van der Waals surface area contributed by atoms with E-state index in [1.54, 1.807) is 11.8 Å². The first-order valence-electron chi connectivity index (χ1n) is 11.0. The maximum absolute atomic E-state index is 13.1. The van der Waals surface area contributed by atoms with Crippen molar-refractivity contribution in [2.24, 2.45) is 0 Å². The highest BCUT2D eigenvalue weighted by atomic mass is 35.5. The zero-order valence-corrected chi connectivity index (χ0v) is 19.3. The van der Waals surface area contributed by atoms with Crippen molar-refractivity contribution >= 4 is 17.5 Å². The molecule has 1 amide bonds. The smallest absolute Gasteiger partial charge is 0.256 e. The minimum Gasteiger partial charge on any atom is -0.497 e. The van der Waals surface area contributed by atoms with Crippen LogP contribution in [0, 0.1) is 6.92 Å². The van der Waals surface area contributed by atoms with Crippen LogP contribution >= 0.6 is 11.6 Å². The van der Waals surface area contributed by atoms with Gasteiger partial charge < -0.3 is 10.1 Å². The van der Waals surface area contributed by atoms with Gasteiger partial charge in [0.2, 0.25) is 0 Å². The average molecular weight is 453 g/mol. The zero-order chi connectivity index (χ0) is 22.5. The lowest BCUT2D eigenvalue weighted by Gasteiger charge is -2.28. The number of nitrogens with one attached hydrogen (secondary N) is 1. The Morgan fingerprint density at radius 3 is 2.47 bits per heavy atom. The molecule has 1 N–H and O–H groups in total. The van der Waals surface area contributed by atoms with E-state index in [-0.39, 0.29) is 11.9 Å². The quantitative estimate of drug-likeness (QED) is 0.547. The lowest BCUT2D eigenvalue weighted by molar-refractivity contribution is 0.0937. The van der Waals surface area contributed by atoms with E-state index in [0.717, 1.165) is 30.0 Å². The summed E-state index contributed by atoms with van der Waals surface area (Å²) in [5.41, 5.74) is 3.32. The van der Waals surface area contributed by atoms with Crippen molar-refractivity contribution < 1.29 is 9.53 Å². The number of amides is 1. The number of carbonyl (C=O) groups excluding carboxylic acids is 1. The maximum Gasteiger partial charge on any atom is 0.256 e. The van der Waals surface area contributed by atoms with Crippen molar-refractivity contribution in [1.29, 1.82) is 0 Å². The zero-order valence-electron chi connectivity index (χ0n) is 18.6. The first-order chi connectivity index (χ1) is 15.6. The Kier molecular flexibility index (Phi) is 7.12. The van der Waals surface area contributed by atoms with Gasteiger partial charge in [-0.1, -0.05) is 54.1 Å². The molecule has 0 saturated carbocycles. The van der Waals surface area contributed by atoms with Crippen LogP contribution in [0.15, 0.2) is 54.6 Å². The van der Waals surface area contributed by atoms with Crippen LogP contribution in [0.1, 0.15) is 46.1 Å². The molecule has 1 unspecified atom stereocenters. The van der Waals surface area contributed by atoms with Gasteiger partial charge in [0, 0.05) is 6.54 Å². The summed E-state index contributed by atoms with van der Waals surface area (Å²) in [6.45, 7) is 4.91. The Morgan fingerprint density at radius 1 is 1.12 bits per heavy atom. The number of hydrogen-bond acceptors (Lipinski definition) is 4. The largest absolute Gasteiger partial charge is 0.497 e. The molecule has 3 aromatic rings. The maximum atomic E-state index is 13.1. The fourth-order valence-corrected chi connectivity index (χ4v) is 4.61. The highest BCUT2D eigenvalue weighted by Gasteiger charge is 2.26. The molecule has 4 rings (SSSR count). The number of likely N-dealkylation sites (tertiary alicyclic amines) is 1. The van der Waals surface area contributed by atoms with Crippen LogP contribution in [0.4, 0.5) is 0 Å². The summed E-state index contributed by atoms with van der Waals surface area (Å²) in [5.74, 6) is 0.635. The van der Waals surface area contributed by atoms with E-state index in [9.17, 15) is 4.79 Å². The lowest BCUT2D eigenvalue weighted by atomic mass is 10.0. The number of methoxy groups -OCH3 is 1. The number of halogens is 1. The summed E-state index contributed by atoms with van der Waals surface area (Å²) in [4.78, 5) is 15.5. The lowest BCUT2D eigenvalue weighted by Crippen LogP contribution is -2.37. The number of hydrogen-bond donors (Lipinski definition) is 1. The monoisotopic (exact) mass is 452 g/mol. The number of carbonyl (C=O) groups is 1. The van der Waals surface area contributed by atoms with Gasteiger partial charge in [-0.05, 0) is 56.1 Å². The van der Waals surface area contributed by atoms with Gasteiger partial charge in [0.1, 0.15) is 10.9 Å². The summed E-state index contributed by atoms with van der Waals surface area (Å²) in [6.07, 6.45) is 2.36. The van der Waals surface area contributed by atoms with E-state index in [1.807, 2.05) is 49.4 Å². The van der Waals surface area contributed by atoms with Gasteiger partial charge in [0.15, 0.2) is 0 Å². The molecule has 6 nitrogen and oxygen atoms in total. The molecule has 168 valence electrons. The molecule has 1 aliphatic heterocycles. The molecule has 2 aromatic carbocycles. The molecule has 1 aromatic heterocycles. The van der Waals surface area contributed by atoms with Crippen LogP contribution in [0.3, 0.4) is 0 Å². The van der Waals surface area contributed by atoms with E-state index in [1.165, 1.54) is 12.8 Å². The molecule has 7 heteroatoms. The van der Waals surface area contributed by atoms with Crippen molar-refractivity contribution in [3.63, 3.8) is 0 Å². The molecule has 0 spiro atoms. The SMILES string of the molecule is COc1ccc(C(CNC(=O)c2c(C)nn(Cc3ccccc3)c2Cl)N2CCCC2)cc1. The van der Waals surface area contributed by atoms with Crippen LogP contribution < -0.4 is 10.1 Å². The Bertz CT molecular complexity index is 1040. The summed E-state index contributed by atoms with van der Waals surface area (Å²) in [7, 11) is 1.66. The van der Waals surface area contributed by atoms with Crippen LogP contribution in [0.25, 0.3) is 0 Å². The van der Waals surface area contributed by atoms with Crippen molar-refractivity contribution in [1.82, 2.24) is 20.0 Å². The van der Waals surface area contributed by atoms with Crippen molar-refractivity contribution in [2.45, 2.75) is 32.4 Å². The highest BCUT2D eigenvalue weighted by Crippen LogP contribution is 2.27. The predicted molar refractivity (Wildman–Crippen MR) is 126 cm³/mol. The van der Waals surface area contributed by atoms with E-state index < -0.39 is 0 Å². The molecule has 1 fully saturated rings. The highest BCUT2D eigenvalue weighted by molar-refractivity contribution is 6.33. The summed E-state index contributed by atoms with van der Waals surface area (Å²) in [6, 6.07) is 18.1. The van der Waals surface area contributed by atoms with Crippen LogP contribution in [0.5, 0.6) is 5.75 Å². The van der Waals surface area contributed by atoms with Crippen molar-refractivity contribution in [3.8, 4) is 5.75 Å². The Balaban J connectivity index is 1.49. The second-order valence-corrected chi connectivity index (χ2v) is 8.49. The third kappa shape index (κ3) is 4.97. The molecule has 0 bridgehead atoms. The van der Waals surface area contributed by atoms with E-state index in [2.05, 4.69) is 27.4 Å². The third-order valence-corrected chi connectivity index (χ3v) is 6.39. The molecule has 2 heterocycles. The number of nitrogens with zero attached hydrogens (tertiary/aromatic N) is 3. The minimum absolute atomic E-state index is 0.103. The summed E-state index contributed by atoms with van der Waals surface area (Å²) < 4.78 is 6.98. The number of benzene rings is 2. The first-order valence-corrected chi connectivity index (χ1v) is 11.4. The molecule has 1 saturated heterocycles. The van der Waals surface area contributed by atoms with Crippen molar-refractivity contribution in [3.05, 3.63) is 82.1 Å². The van der Waals surface area contributed by atoms with Gasteiger partial charge in [-0.25, -0.2) is 4.68 Å². The van der Waals surface area contributed by atoms with E-state index >= 15 is 0 Å². The normalized spacial score (nSPS) is 15.0. The molecule has 0 aliphatic carbocycles. The van der Waals surface area contributed by atoms with E-state index in [0.29, 0.717) is 29.5 Å². The number of aromatic nitrogens is 2. The van der Waals surface area contributed by atoms with Gasteiger partial charge in [0.25, 0.3) is 5.91 Å². The van der Waals surface area contributed by atoms with Gasteiger partial charge >= 0.3 is 0 Å². The fraction of sp³-hybridized carbons (Fsp3) is 0.360. The van der Waals surface area contributed by atoms with Gasteiger partial charge in [-0.2, -0.15) is 5.10 Å². The summed E-state index contributed by atoms with van der Waals surface area (Å²) >= 11 is 6.58. The van der Waals surface area contributed by atoms with Crippen LogP contribution in [0.2, 0.25) is 5.15 Å². The fourth-order valence-electron chi connectivity index (χ4n) is 4.29. The second-order valence-electron chi connectivity index (χ2n) is 8.14. The van der Waals surface area contributed by atoms with E-state index in [4.69, 9.17) is 16.3 Å². The van der Waals surface area contributed by atoms with Gasteiger partial charge in [-0.15, -0.1) is 0 Å². The molecule has 1 aliphatic rings. The minimum atomic E-state index is -0.190.